The molecule has 0 aromatic heterocycles. The van der Waals surface area contributed by atoms with E-state index in [0.717, 1.165) is 24.1 Å². The highest BCUT2D eigenvalue weighted by Crippen LogP contribution is 2.34. The van der Waals surface area contributed by atoms with Crippen LogP contribution in [0.5, 0.6) is 0 Å². The zero-order valence-electron chi connectivity index (χ0n) is 11.7. The molecule has 108 valence electrons. The average Bonchev–Trinajstić information content (AvgIpc) is 3.07. The van der Waals surface area contributed by atoms with Crippen LogP contribution in [0.15, 0.2) is 23.4 Å². The van der Waals surface area contributed by atoms with Gasteiger partial charge in [0.1, 0.15) is 0 Å². The highest BCUT2D eigenvalue weighted by molar-refractivity contribution is 5.97. The van der Waals surface area contributed by atoms with Crippen molar-refractivity contribution < 1.29 is 9.94 Å². The zero-order valence-corrected chi connectivity index (χ0v) is 11.7. The summed E-state index contributed by atoms with van der Waals surface area (Å²) in [6.45, 7) is 2.88. The van der Waals surface area contributed by atoms with E-state index in [-0.39, 0.29) is 5.84 Å². The van der Waals surface area contributed by atoms with Crippen LogP contribution in [-0.2, 0) is 11.3 Å². The van der Waals surface area contributed by atoms with Crippen molar-refractivity contribution in [3.63, 3.8) is 0 Å². The predicted molar refractivity (Wildman–Crippen MR) is 76.8 cm³/mol. The fourth-order valence-electron chi connectivity index (χ4n) is 3.20. The number of ether oxygens (including phenoxy) is 1. The van der Waals surface area contributed by atoms with E-state index >= 15 is 0 Å². The van der Waals surface area contributed by atoms with E-state index in [1.54, 1.807) is 0 Å². The molecule has 3 unspecified atom stereocenters. The SMILES string of the molecule is Cc1cc(/C(N)=N/O)ccc1CNC1CC2CCC1O2. The van der Waals surface area contributed by atoms with Gasteiger partial charge in [-0.2, -0.15) is 0 Å². The molecule has 2 heterocycles. The molecule has 3 atom stereocenters. The number of fused-ring (bicyclic) bond motifs is 2. The molecule has 0 radical (unpaired) electrons. The molecule has 0 spiro atoms. The summed E-state index contributed by atoms with van der Waals surface area (Å²) in [6, 6.07) is 6.35. The Morgan fingerprint density at radius 2 is 2.35 bits per heavy atom. The van der Waals surface area contributed by atoms with Crippen LogP contribution in [0.1, 0.15) is 36.0 Å². The maximum Gasteiger partial charge on any atom is 0.170 e. The lowest BCUT2D eigenvalue weighted by atomic mass is 9.95. The lowest BCUT2D eigenvalue weighted by Crippen LogP contribution is -2.37. The molecule has 2 bridgehead atoms. The molecular formula is C15H21N3O2. The normalized spacial score (nSPS) is 29.1. The number of hydrogen-bond donors (Lipinski definition) is 3. The largest absolute Gasteiger partial charge is 0.409 e. The van der Waals surface area contributed by atoms with Gasteiger partial charge in [0.05, 0.1) is 12.2 Å². The average molecular weight is 275 g/mol. The second-order valence-corrected chi connectivity index (χ2v) is 5.72. The van der Waals surface area contributed by atoms with Crippen molar-refractivity contribution in [3.05, 3.63) is 34.9 Å². The molecule has 2 fully saturated rings. The van der Waals surface area contributed by atoms with Crippen molar-refractivity contribution in [2.75, 3.05) is 0 Å². The van der Waals surface area contributed by atoms with Gasteiger partial charge in [0.25, 0.3) is 0 Å². The molecule has 20 heavy (non-hydrogen) atoms. The number of hydrogen-bond acceptors (Lipinski definition) is 4. The molecule has 2 aliphatic rings. The predicted octanol–water partition coefficient (Wildman–Crippen LogP) is 1.50. The third-order valence-electron chi connectivity index (χ3n) is 4.41. The Labute approximate surface area is 118 Å². The number of nitrogens with two attached hydrogens (primary N) is 1. The van der Waals surface area contributed by atoms with Gasteiger partial charge >= 0.3 is 0 Å². The molecule has 0 saturated carbocycles. The highest BCUT2D eigenvalue weighted by atomic mass is 16.5. The van der Waals surface area contributed by atoms with Gasteiger partial charge in [-0.1, -0.05) is 17.3 Å². The molecule has 4 N–H and O–H groups in total. The summed E-state index contributed by atoms with van der Waals surface area (Å²) in [5, 5.41) is 15.3. The summed E-state index contributed by atoms with van der Waals surface area (Å²) in [5.74, 6) is 0.147. The minimum atomic E-state index is 0.147. The van der Waals surface area contributed by atoms with Crippen LogP contribution in [0, 0.1) is 6.92 Å². The van der Waals surface area contributed by atoms with Crippen LogP contribution < -0.4 is 11.1 Å². The Kier molecular flexibility index (Phi) is 3.63. The minimum Gasteiger partial charge on any atom is -0.409 e. The lowest BCUT2D eigenvalue weighted by molar-refractivity contribution is 0.0973. The van der Waals surface area contributed by atoms with E-state index in [1.807, 2.05) is 25.1 Å². The monoisotopic (exact) mass is 275 g/mol. The van der Waals surface area contributed by atoms with Crippen LogP contribution in [0.25, 0.3) is 0 Å². The van der Waals surface area contributed by atoms with Crippen molar-refractivity contribution in [3.8, 4) is 0 Å². The first kappa shape index (κ1) is 13.4. The fraction of sp³-hybridized carbons (Fsp3) is 0.533. The second kappa shape index (κ2) is 5.42. The molecule has 0 amide bonds. The Morgan fingerprint density at radius 3 is 2.95 bits per heavy atom. The summed E-state index contributed by atoms with van der Waals surface area (Å²) >= 11 is 0. The minimum absolute atomic E-state index is 0.147. The zero-order chi connectivity index (χ0) is 14.1. The maximum absolute atomic E-state index is 8.69. The quantitative estimate of drug-likeness (QED) is 0.337. The molecule has 2 aliphatic heterocycles. The summed E-state index contributed by atoms with van der Waals surface area (Å²) < 4.78 is 5.85. The van der Waals surface area contributed by atoms with Gasteiger partial charge in [0.2, 0.25) is 0 Å². The fourth-order valence-corrected chi connectivity index (χ4v) is 3.20. The number of rotatable bonds is 4. The number of nitrogens with one attached hydrogen (secondary N) is 1. The second-order valence-electron chi connectivity index (χ2n) is 5.72. The van der Waals surface area contributed by atoms with E-state index < -0.39 is 0 Å². The number of nitrogens with zero attached hydrogens (tertiary/aromatic N) is 1. The highest BCUT2D eigenvalue weighted by Gasteiger charge is 2.40. The molecule has 1 aromatic carbocycles. The molecule has 3 rings (SSSR count). The number of amidine groups is 1. The first-order chi connectivity index (χ1) is 9.67. The van der Waals surface area contributed by atoms with Crippen LogP contribution >= 0.6 is 0 Å². The Morgan fingerprint density at radius 1 is 1.50 bits per heavy atom. The summed E-state index contributed by atoms with van der Waals surface area (Å²) in [4.78, 5) is 0. The van der Waals surface area contributed by atoms with Crippen molar-refractivity contribution >= 4 is 5.84 Å². The van der Waals surface area contributed by atoms with Gasteiger partial charge in [-0.05, 0) is 43.4 Å². The summed E-state index contributed by atoms with van der Waals surface area (Å²) in [6.07, 6.45) is 4.41. The van der Waals surface area contributed by atoms with Gasteiger partial charge in [0.15, 0.2) is 5.84 Å². The van der Waals surface area contributed by atoms with Crippen LogP contribution in [0.2, 0.25) is 0 Å². The van der Waals surface area contributed by atoms with Crippen LogP contribution in [0.4, 0.5) is 0 Å². The van der Waals surface area contributed by atoms with E-state index in [4.69, 9.17) is 15.7 Å². The van der Waals surface area contributed by atoms with Crippen LogP contribution in [-0.4, -0.2) is 29.3 Å². The molecule has 5 heteroatoms. The van der Waals surface area contributed by atoms with Gasteiger partial charge < -0.3 is 21.0 Å². The lowest BCUT2D eigenvalue weighted by Gasteiger charge is -2.20. The van der Waals surface area contributed by atoms with Crippen molar-refractivity contribution in [2.45, 2.75) is 51.0 Å². The number of aryl methyl sites for hydroxylation is 1. The maximum atomic E-state index is 8.69. The Bertz CT molecular complexity index is 530. The first-order valence-electron chi connectivity index (χ1n) is 7.13. The smallest absolute Gasteiger partial charge is 0.170 e. The standard InChI is InChI=1S/C15H21N3O2/c1-9-6-10(15(16)18-19)2-3-11(9)8-17-13-7-12-4-5-14(13)20-12/h2-3,6,12-14,17,19H,4-5,7-8H2,1H3,(H2,16,18). The van der Waals surface area contributed by atoms with Crippen LogP contribution in [0.3, 0.4) is 0 Å². The third kappa shape index (κ3) is 2.51. The summed E-state index contributed by atoms with van der Waals surface area (Å²) in [7, 11) is 0. The molecule has 2 saturated heterocycles. The Hall–Kier alpha value is -1.59. The molecule has 5 nitrogen and oxygen atoms in total. The van der Waals surface area contributed by atoms with E-state index in [1.165, 1.54) is 18.4 Å². The first-order valence-corrected chi connectivity index (χ1v) is 7.13. The van der Waals surface area contributed by atoms with E-state index in [2.05, 4.69) is 10.5 Å². The Balaban J connectivity index is 1.63. The van der Waals surface area contributed by atoms with Crippen molar-refractivity contribution in [1.29, 1.82) is 0 Å². The molecular weight excluding hydrogens is 254 g/mol. The molecule has 0 aliphatic carbocycles. The van der Waals surface area contributed by atoms with E-state index in [9.17, 15) is 0 Å². The van der Waals surface area contributed by atoms with Gasteiger partial charge in [-0.25, -0.2) is 0 Å². The molecule has 1 aromatic rings. The van der Waals surface area contributed by atoms with Crippen molar-refractivity contribution in [1.82, 2.24) is 5.32 Å². The van der Waals surface area contributed by atoms with Crippen molar-refractivity contribution in [2.24, 2.45) is 10.9 Å². The van der Waals surface area contributed by atoms with Gasteiger partial charge in [0, 0.05) is 18.2 Å². The van der Waals surface area contributed by atoms with E-state index in [0.29, 0.717) is 18.2 Å². The number of benzene rings is 1. The van der Waals surface area contributed by atoms with Gasteiger partial charge in [-0.3, -0.25) is 0 Å². The third-order valence-corrected chi connectivity index (χ3v) is 4.41. The van der Waals surface area contributed by atoms with Gasteiger partial charge in [-0.15, -0.1) is 0 Å². The summed E-state index contributed by atoms with van der Waals surface area (Å²) in [5.41, 5.74) is 8.73. The number of oxime groups is 1. The topological polar surface area (TPSA) is 79.9 Å².